The summed E-state index contributed by atoms with van der Waals surface area (Å²) in [4.78, 5) is 25.9. The van der Waals surface area contributed by atoms with Gasteiger partial charge in [0, 0.05) is 32.6 Å². The van der Waals surface area contributed by atoms with Gasteiger partial charge in [0.05, 0.1) is 6.61 Å². The van der Waals surface area contributed by atoms with Gasteiger partial charge in [-0.2, -0.15) is 15.0 Å². The molecule has 21 heavy (non-hydrogen) atoms. The van der Waals surface area contributed by atoms with Crippen LogP contribution < -0.4 is 15.4 Å². The molecule has 8 nitrogen and oxygen atoms in total. The largest absolute Gasteiger partial charge is 0.464 e. The van der Waals surface area contributed by atoms with Gasteiger partial charge in [-0.25, -0.2) is 0 Å². The zero-order valence-electron chi connectivity index (χ0n) is 12.7. The Morgan fingerprint density at radius 2 is 2.05 bits per heavy atom. The normalized spacial score (nSPS) is 18.5. The Labute approximate surface area is 124 Å². The molecule has 2 N–H and O–H groups in total. The molecule has 8 heteroatoms. The number of carbonyl (C=O) groups is 1. The first-order valence-electron chi connectivity index (χ1n) is 7.25. The Morgan fingerprint density at radius 3 is 2.71 bits per heavy atom. The third kappa shape index (κ3) is 4.17. The molecule has 0 spiro atoms. The summed E-state index contributed by atoms with van der Waals surface area (Å²) in [5.41, 5.74) is 0. The predicted molar refractivity (Wildman–Crippen MR) is 79.4 cm³/mol. The summed E-state index contributed by atoms with van der Waals surface area (Å²) < 4.78 is 5.35. The molecule has 0 radical (unpaired) electrons. The zero-order valence-corrected chi connectivity index (χ0v) is 12.7. The van der Waals surface area contributed by atoms with Gasteiger partial charge in [0.15, 0.2) is 0 Å². The molecule has 1 aliphatic heterocycles. The fourth-order valence-corrected chi connectivity index (χ4v) is 2.16. The van der Waals surface area contributed by atoms with Crippen molar-refractivity contribution in [1.29, 1.82) is 0 Å². The number of hydrogen-bond acceptors (Lipinski definition) is 7. The number of likely N-dealkylation sites (tertiary alicyclic amines) is 1. The topological polar surface area (TPSA) is 92.3 Å². The molecule has 2 heterocycles. The van der Waals surface area contributed by atoms with E-state index in [9.17, 15) is 4.79 Å². The van der Waals surface area contributed by atoms with Crippen LogP contribution in [0.15, 0.2) is 0 Å². The molecule has 1 fully saturated rings. The molecule has 0 aliphatic carbocycles. The molecule has 0 bridgehead atoms. The molecule has 1 saturated heterocycles. The Morgan fingerprint density at radius 1 is 1.29 bits per heavy atom. The van der Waals surface area contributed by atoms with Crippen LogP contribution in [0.1, 0.15) is 26.7 Å². The number of anilines is 2. The lowest BCUT2D eigenvalue weighted by molar-refractivity contribution is -0.132. The lowest BCUT2D eigenvalue weighted by atomic mass is 10.1. The summed E-state index contributed by atoms with van der Waals surface area (Å²) in [6.45, 7) is 5.71. The van der Waals surface area contributed by atoms with Crippen LogP contribution in [0, 0.1) is 0 Å². The summed E-state index contributed by atoms with van der Waals surface area (Å²) in [5, 5.41) is 6.31. The minimum atomic E-state index is 0.138. The first kappa shape index (κ1) is 15.3. The molecule has 2 rings (SSSR count). The summed E-state index contributed by atoms with van der Waals surface area (Å²) in [7, 11) is 1.80. The van der Waals surface area contributed by atoms with Gasteiger partial charge in [0.2, 0.25) is 17.8 Å². The molecular weight excluding hydrogens is 272 g/mol. The van der Waals surface area contributed by atoms with Gasteiger partial charge in [-0.3, -0.25) is 4.79 Å². The van der Waals surface area contributed by atoms with Crippen molar-refractivity contribution < 1.29 is 9.53 Å². The fourth-order valence-electron chi connectivity index (χ4n) is 2.16. The molecule has 116 valence electrons. The summed E-state index contributed by atoms with van der Waals surface area (Å²) in [6.07, 6.45) is 1.31. The smallest absolute Gasteiger partial charge is 0.323 e. The number of ether oxygens (including phenoxy) is 1. The predicted octanol–water partition coefficient (Wildman–Crippen LogP) is 0.735. The maximum Gasteiger partial charge on any atom is 0.323 e. The van der Waals surface area contributed by atoms with Gasteiger partial charge in [-0.1, -0.05) is 0 Å². The van der Waals surface area contributed by atoms with E-state index < -0.39 is 0 Å². The number of likely N-dealkylation sites (N-methyl/N-ethyl adjacent to an activating group) is 1. The Hall–Kier alpha value is -2.12. The maximum atomic E-state index is 11.5. The molecule has 1 aromatic heterocycles. The highest BCUT2D eigenvalue weighted by Gasteiger charge is 2.23. The van der Waals surface area contributed by atoms with Crippen LogP contribution in [0.3, 0.4) is 0 Å². The minimum absolute atomic E-state index is 0.138. The third-order valence-electron chi connectivity index (χ3n) is 3.18. The van der Waals surface area contributed by atoms with Crippen LogP contribution >= 0.6 is 0 Å². The second kappa shape index (κ2) is 7.05. The fraction of sp³-hybridized carbons (Fsp3) is 0.692. The van der Waals surface area contributed by atoms with Crippen LogP contribution in [-0.2, 0) is 4.79 Å². The van der Waals surface area contributed by atoms with Gasteiger partial charge in [0.1, 0.15) is 0 Å². The molecule has 1 aromatic rings. The van der Waals surface area contributed by atoms with E-state index in [1.54, 1.807) is 11.9 Å². The number of nitrogens with one attached hydrogen (secondary N) is 2. The minimum Gasteiger partial charge on any atom is -0.464 e. The van der Waals surface area contributed by atoms with Crippen LogP contribution in [0.25, 0.3) is 0 Å². The number of piperidine rings is 1. The van der Waals surface area contributed by atoms with E-state index in [0.717, 1.165) is 13.0 Å². The molecular formula is C13H22N6O2. The second-order valence-corrected chi connectivity index (χ2v) is 4.88. The highest BCUT2D eigenvalue weighted by atomic mass is 16.5. The number of amides is 1. The average Bonchev–Trinajstić information content (AvgIpc) is 2.43. The standard InChI is InChI=1S/C13H22N6O2/c1-4-14-11-16-12(18-13(17-11)21-5-2)15-9-6-7-10(20)19(3)8-9/h9H,4-8H2,1-3H3,(H2,14,15,16,17,18). The maximum absolute atomic E-state index is 11.5. The molecule has 0 saturated carbocycles. The third-order valence-corrected chi connectivity index (χ3v) is 3.18. The Kier molecular flexibility index (Phi) is 5.13. The number of carbonyl (C=O) groups excluding carboxylic acids is 1. The van der Waals surface area contributed by atoms with E-state index in [1.165, 1.54) is 0 Å². The molecule has 1 amide bonds. The van der Waals surface area contributed by atoms with Crippen molar-refractivity contribution in [2.75, 3.05) is 37.4 Å². The summed E-state index contributed by atoms with van der Waals surface area (Å²) >= 11 is 0. The highest BCUT2D eigenvalue weighted by Crippen LogP contribution is 2.16. The van der Waals surface area contributed by atoms with Crippen molar-refractivity contribution >= 4 is 17.8 Å². The molecule has 1 unspecified atom stereocenters. The van der Waals surface area contributed by atoms with Crippen molar-refractivity contribution in [1.82, 2.24) is 19.9 Å². The van der Waals surface area contributed by atoms with Gasteiger partial charge in [-0.15, -0.1) is 0 Å². The van der Waals surface area contributed by atoms with E-state index in [0.29, 0.717) is 37.5 Å². The SMILES string of the molecule is CCNc1nc(NC2CCC(=O)N(C)C2)nc(OCC)n1. The Balaban J connectivity index is 2.09. The number of nitrogens with zero attached hydrogens (tertiary/aromatic N) is 4. The average molecular weight is 294 g/mol. The van der Waals surface area contributed by atoms with Gasteiger partial charge < -0.3 is 20.3 Å². The molecule has 1 atom stereocenters. The van der Waals surface area contributed by atoms with Crippen LogP contribution in [0.2, 0.25) is 0 Å². The quantitative estimate of drug-likeness (QED) is 0.799. The van der Waals surface area contributed by atoms with E-state index in [2.05, 4.69) is 25.6 Å². The number of rotatable bonds is 6. The lowest BCUT2D eigenvalue weighted by Crippen LogP contribution is -2.43. The van der Waals surface area contributed by atoms with Crippen LogP contribution in [0.4, 0.5) is 11.9 Å². The van der Waals surface area contributed by atoms with Crippen molar-refractivity contribution in [3.63, 3.8) is 0 Å². The van der Waals surface area contributed by atoms with Crippen molar-refractivity contribution in [3.8, 4) is 6.01 Å². The lowest BCUT2D eigenvalue weighted by Gasteiger charge is -2.30. The van der Waals surface area contributed by atoms with Crippen molar-refractivity contribution in [2.24, 2.45) is 0 Å². The Bertz CT molecular complexity index is 471. The van der Waals surface area contributed by atoms with E-state index in [4.69, 9.17) is 4.74 Å². The van der Waals surface area contributed by atoms with Crippen molar-refractivity contribution in [2.45, 2.75) is 32.7 Å². The van der Waals surface area contributed by atoms with Gasteiger partial charge >= 0.3 is 6.01 Å². The number of hydrogen-bond donors (Lipinski definition) is 2. The number of aromatic nitrogens is 3. The van der Waals surface area contributed by atoms with E-state index in [-0.39, 0.29) is 11.9 Å². The van der Waals surface area contributed by atoms with E-state index in [1.807, 2.05) is 13.8 Å². The highest BCUT2D eigenvalue weighted by molar-refractivity contribution is 5.76. The summed E-state index contributed by atoms with van der Waals surface area (Å²) in [6, 6.07) is 0.435. The van der Waals surface area contributed by atoms with E-state index >= 15 is 0 Å². The first-order chi connectivity index (χ1) is 10.1. The summed E-state index contributed by atoms with van der Waals surface area (Å²) in [5.74, 6) is 1.13. The van der Waals surface area contributed by atoms with Crippen molar-refractivity contribution in [3.05, 3.63) is 0 Å². The zero-order chi connectivity index (χ0) is 15.2. The first-order valence-corrected chi connectivity index (χ1v) is 7.25. The molecule has 1 aliphatic rings. The van der Waals surface area contributed by atoms with Crippen LogP contribution in [-0.4, -0.2) is 58.5 Å². The monoisotopic (exact) mass is 294 g/mol. The second-order valence-electron chi connectivity index (χ2n) is 4.88. The van der Waals surface area contributed by atoms with Gasteiger partial charge in [-0.05, 0) is 20.3 Å². The van der Waals surface area contributed by atoms with Gasteiger partial charge in [0.25, 0.3) is 0 Å². The van der Waals surface area contributed by atoms with Crippen LogP contribution in [0.5, 0.6) is 6.01 Å². The molecule has 0 aromatic carbocycles.